The summed E-state index contributed by atoms with van der Waals surface area (Å²) in [5, 5.41) is 9.43. The number of nitrogens with two attached hydrogens (primary N) is 1. The lowest BCUT2D eigenvalue weighted by Gasteiger charge is -2.03. The fourth-order valence-corrected chi connectivity index (χ4v) is 1.78. The van der Waals surface area contributed by atoms with Gasteiger partial charge < -0.3 is 10.8 Å². The van der Waals surface area contributed by atoms with Crippen molar-refractivity contribution in [3.63, 3.8) is 0 Å². The van der Waals surface area contributed by atoms with Gasteiger partial charge in [0.1, 0.15) is 10.8 Å². The molecule has 0 saturated heterocycles. The highest BCUT2D eigenvalue weighted by Crippen LogP contribution is 2.22. The van der Waals surface area contributed by atoms with E-state index in [0.29, 0.717) is 10.8 Å². The van der Waals surface area contributed by atoms with Gasteiger partial charge in [-0.25, -0.2) is 4.98 Å². The van der Waals surface area contributed by atoms with E-state index in [1.54, 1.807) is 4.40 Å². The van der Waals surface area contributed by atoms with Gasteiger partial charge in [-0.1, -0.05) is 17.7 Å². The standard InChI is InChI=1S/C10H12ClN3O/c1-6-2-3-8-13-9(7(12)5-15)10(11)14(8)4-6/h2-4,7,15H,5,12H2,1H3. The molecule has 0 aliphatic carbocycles. The van der Waals surface area contributed by atoms with Crippen LogP contribution >= 0.6 is 11.6 Å². The van der Waals surface area contributed by atoms with Crippen molar-refractivity contribution in [2.75, 3.05) is 6.61 Å². The van der Waals surface area contributed by atoms with Crippen LogP contribution in [0.5, 0.6) is 0 Å². The lowest BCUT2D eigenvalue weighted by Crippen LogP contribution is -2.15. The summed E-state index contributed by atoms with van der Waals surface area (Å²) in [5.74, 6) is 0. The number of nitrogens with zero attached hydrogens (tertiary/aromatic N) is 2. The average molecular weight is 226 g/mol. The smallest absolute Gasteiger partial charge is 0.138 e. The van der Waals surface area contributed by atoms with E-state index >= 15 is 0 Å². The number of aryl methyl sites for hydroxylation is 1. The molecule has 0 fully saturated rings. The highest BCUT2D eigenvalue weighted by atomic mass is 35.5. The second-order valence-corrected chi connectivity index (χ2v) is 3.87. The molecule has 0 spiro atoms. The quantitative estimate of drug-likeness (QED) is 0.810. The largest absolute Gasteiger partial charge is 0.394 e. The second kappa shape index (κ2) is 3.81. The van der Waals surface area contributed by atoms with Crippen LogP contribution < -0.4 is 5.73 Å². The molecule has 5 heteroatoms. The van der Waals surface area contributed by atoms with Gasteiger partial charge in [0, 0.05) is 6.20 Å². The number of halogens is 1. The van der Waals surface area contributed by atoms with E-state index in [0.717, 1.165) is 11.2 Å². The summed E-state index contributed by atoms with van der Waals surface area (Å²) in [6.45, 7) is 1.81. The lowest BCUT2D eigenvalue weighted by atomic mass is 10.2. The maximum Gasteiger partial charge on any atom is 0.138 e. The third-order valence-electron chi connectivity index (χ3n) is 2.28. The van der Waals surface area contributed by atoms with Gasteiger partial charge in [0.25, 0.3) is 0 Å². The van der Waals surface area contributed by atoms with E-state index in [2.05, 4.69) is 4.98 Å². The van der Waals surface area contributed by atoms with Crippen LogP contribution in [0.2, 0.25) is 5.15 Å². The van der Waals surface area contributed by atoms with Gasteiger partial charge in [-0.15, -0.1) is 0 Å². The summed E-state index contributed by atoms with van der Waals surface area (Å²) in [6, 6.07) is 3.29. The molecule has 0 amide bonds. The number of hydrogen-bond donors (Lipinski definition) is 2. The number of hydrogen-bond acceptors (Lipinski definition) is 3. The number of aliphatic hydroxyl groups is 1. The first kappa shape index (κ1) is 10.4. The molecule has 2 aromatic heterocycles. The van der Waals surface area contributed by atoms with Crippen molar-refractivity contribution in [1.82, 2.24) is 9.38 Å². The van der Waals surface area contributed by atoms with E-state index < -0.39 is 6.04 Å². The summed E-state index contributed by atoms with van der Waals surface area (Å²) in [7, 11) is 0. The predicted octanol–water partition coefficient (Wildman–Crippen LogP) is 1.29. The molecular weight excluding hydrogens is 214 g/mol. The molecule has 4 nitrogen and oxygen atoms in total. The Kier molecular flexibility index (Phi) is 2.65. The first-order valence-electron chi connectivity index (χ1n) is 4.64. The van der Waals surface area contributed by atoms with Crippen molar-refractivity contribution in [2.24, 2.45) is 5.73 Å². The summed E-state index contributed by atoms with van der Waals surface area (Å²) in [4.78, 5) is 4.27. The minimum Gasteiger partial charge on any atom is -0.394 e. The molecule has 3 N–H and O–H groups in total. The SMILES string of the molecule is Cc1ccc2nc(C(N)CO)c(Cl)n2c1. The predicted molar refractivity (Wildman–Crippen MR) is 59.0 cm³/mol. The zero-order chi connectivity index (χ0) is 11.0. The van der Waals surface area contributed by atoms with Gasteiger partial charge in [0.15, 0.2) is 0 Å². The molecule has 15 heavy (non-hydrogen) atoms. The van der Waals surface area contributed by atoms with E-state index in [4.69, 9.17) is 22.4 Å². The first-order valence-corrected chi connectivity index (χ1v) is 5.02. The van der Waals surface area contributed by atoms with Crippen molar-refractivity contribution in [3.05, 3.63) is 34.7 Å². The van der Waals surface area contributed by atoms with Crippen molar-refractivity contribution >= 4 is 17.2 Å². The van der Waals surface area contributed by atoms with E-state index in [1.807, 2.05) is 25.3 Å². The van der Waals surface area contributed by atoms with Gasteiger partial charge >= 0.3 is 0 Å². The Morgan fingerprint density at radius 2 is 2.33 bits per heavy atom. The zero-order valence-corrected chi connectivity index (χ0v) is 9.07. The third-order valence-corrected chi connectivity index (χ3v) is 2.66. The molecule has 0 aromatic carbocycles. The number of aliphatic hydroxyl groups excluding tert-OH is 1. The molecule has 0 saturated carbocycles. The molecule has 0 bridgehead atoms. The lowest BCUT2D eigenvalue weighted by molar-refractivity contribution is 0.266. The van der Waals surface area contributed by atoms with Gasteiger partial charge in [-0.3, -0.25) is 4.40 Å². The summed E-state index contributed by atoms with van der Waals surface area (Å²) < 4.78 is 1.77. The number of fused-ring (bicyclic) bond motifs is 1. The molecule has 0 aliphatic heterocycles. The Hall–Kier alpha value is -1.10. The molecule has 2 heterocycles. The summed E-state index contributed by atoms with van der Waals surface area (Å²) in [5.41, 5.74) is 8.05. The average Bonchev–Trinajstić information content (AvgIpc) is 2.55. The number of rotatable bonds is 2. The normalized spacial score (nSPS) is 13.3. The molecule has 0 aliphatic rings. The third kappa shape index (κ3) is 1.71. The van der Waals surface area contributed by atoms with Crippen LogP contribution in [-0.4, -0.2) is 21.1 Å². The monoisotopic (exact) mass is 225 g/mol. The van der Waals surface area contributed by atoms with Crippen molar-refractivity contribution in [1.29, 1.82) is 0 Å². The maximum atomic E-state index is 8.96. The van der Waals surface area contributed by atoms with Gasteiger partial charge in [0.05, 0.1) is 18.3 Å². The molecule has 2 rings (SSSR count). The Balaban J connectivity index is 2.64. The first-order chi connectivity index (χ1) is 7.13. The fraction of sp³-hybridized carbons (Fsp3) is 0.300. The molecule has 80 valence electrons. The molecule has 1 atom stereocenters. The van der Waals surface area contributed by atoms with Crippen LogP contribution in [0.15, 0.2) is 18.3 Å². The highest BCUT2D eigenvalue weighted by Gasteiger charge is 2.15. The van der Waals surface area contributed by atoms with Gasteiger partial charge in [-0.2, -0.15) is 0 Å². The zero-order valence-electron chi connectivity index (χ0n) is 8.31. The second-order valence-electron chi connectivity index (χ2n) is 3.51. The summed E-state index contributed by atoms with van der Waals surface area (Å²) >= 11 is 6.11. The minimum atomic E-state index is -0.530. The topological polar surface area (TPSA) is 63.5 Å². The van der Waals surface area contributed by atoms with Crippen LogP contribution in [0.25, 0.3) is 5.65 Å². The molecule has 1 unspecified atom stereocenters. The van der Waals surface area contributed by atoms with E-state index in [1.165, 1.54) is 0 Å². The molecule has 2 aromatic rings. The van der Waals surface area contributed by atoms with Crippen molar-refractivity contribution in [3.8, 4) is 0 Å². The van der Waals surface area contributed by atoms with Gasteiger partial charge in [0.2, 0.25) is 0 Å². The maximum absolute atomic E-state index is 8.96. The number of imidazole rings is 1. The Labute approximate surface area is 92.3 Å². The molecular formula is C10H12ClN3O. The van der Waals surface area contributed by atoms with Crippen molar-refractivity contribution < 1.29 is 5.11 Å². The Morgan fingerprint density at radius 1 is 1.60 bits per heavy atom. The highest BCUT2D eigenvalue weighted by molar-refractivity contribution is 6.30. The van der Waals surface area contributed by atoms with Crippen LogP contribution in [0.3, 0.4) is 0 Å². The van der Waals surface area contributed by atoms with Crippen LogP contribution in [0.1, 0.15) is 17.3 Å². The molecule has 0 radical (unpaired) electrons. The summed E-state index contributed by atoms with van der Waals surface area (Å²) in [6.07, 6.45) is 1.89. The Morgan fingerprint density at radius 3 is 3.00 bits per heavy atom. The fourth-order valence-electron chi connectivity index (χ4n) is 1.46. The van der Waals surface area contributed by atoms with Crippen LogP contribution in [0.4, 0.5) is 0 Å². The van der Waals surface area contributed by atoms with Crippen LogP contribution in [0, 0.1) is 6.92 Å². The van der Waals surface area contributed by atoms with E-state index in [-0.39, 0.29) is 6.61 Å². The van der Waals surface area contributed by atoms with Gasteiger partial charge in [-0.05, 0) is 18.6 Å². The van der Waals surface area contributed by atoms with Crippen LogP contribution in [-0.2, 0) is 0 Å². The number of aromatic nitrogens is 2. The van der Waals surface area contributed by atoms with Crippen molar-refractivity contribution in [2.45, 2.75) is 13.0 Å². The minimum absolute atomic E-state index is 0.164. The Bertz CT molecular complexity index is 495. The number of pyridine rings is 1. The van der Waals surface area contributed by atoms with E-state index in [9.17, 15) is 0 Å².